The lowest BCUT2D eigenvalue weighted by atomic mass is 10.1. The molecule has 3 rings (SSSR count). The molecule has 0 saturated carbocycles. The minimum atomic E-state index is -0.616. The molecule has 0 spiro atoms. The van der Waals surface area contributed by atoms with Crippen molar-refractivity contribution in [1.82, 2.24) is 9.55 Å². The summed E-state index contributed by atoms with van der Waals surface area (Å²) in [5.74, 6) is -0.616. The lowest BCUT2D eigenvalue weighted by molar-refractivity contribution is 0.629. The summed E-state index contributed by atoms with van der Waals surface area (Å²) in [5, 5.41) is 12.5. The van der Waals surface area contributed by atoms with Crippen LogP contribution in [0.3, 0.4) is 0 Å². The van der Waals surface area contributed by atoms with Gasteiger partial charge in [-0.2, -0.15) is 5.26 Å². The maximum atomic E-state index is 13.5. The lowest BCUT2D eigenvalue weighted by Gasteiger charge is -2.16. The van der Waals surface area contributed by atoms with E-state index in [1.807, 2.05) is 6.07 Å². The molecule has 0 radical (unpaired) electrons. The average molecular weight is 373 g/mol. The van der Waals surface area contributed by atoms with Crippen molar-refractivity contribution in [3.05, 3.63) is 73.1 Å². The molecule has 0 aliphatic rings. The molecule has 26 heavy (non-hydrogen) atoms. The van der Waals surface area contributed by atoms with E-state index < -0.39 is 17.4 Å². The number of hydrogen-bond donors (Lipinski definition) is 2. The number of pyridine rings is 2. The molecule has 3 aromatic rings. The second-order valence-electron chi connectivity index (χ2n) is 5.88. The van der Waals surface area contributed by atoms with Gasteiger partial charge in [-0.1, -0.05) is 11.6 Å². The van der Waals surface area contributed by atoms with Gasteiger partial charge in [-0.25, -0.2) is 4.39 Å². The Morgan fingerprint density at radius 1 is 1.31 bits per heavy atom. The van der Waals surface area contributed by atoms with Crippen molar-refractivity contribution in [3.8, 4) is 6.07 Å². The van der Waals surface area contributed by atoms with Gasteiger partial charge in [0, 0.05) is 18.0 Å². The van der Waals surface area contributed by atoms with E-state index in [0.29, 0.717) is 16.5 Å². The van der Waals surface area contributed by atoms with Crippen LogP contribution in [0, 0.1) is 17.1 Å². The Labute approximate surface area is 152 Å². The van der Waals surface area contributed by atoms with Gasteiger partial charge in [-0.15, -0.1) is 0 Å². The zero-order valence-corrected chi connectivity index (χ0v) is 14.7. The van der Waals surface area contributed by atoms with Crippen LogP contribution >= 0.6 is 11.6 Å². The first kappa shape index (κ1) is 17.7. The van der Waals surface area contributed by atoms with Crippen molar-refractivity contribution < 1.29 is 4.39 Å². The molecule has 0 fully saturated rings. The Morgan fingerprint density at radius 3 is 2.73 bits per heavy atom. The van der Waals surface area contributed by atoms with Crippen molar-refractivity contribution in [2.75, 3.05) is 5.32 Å². The summed E-state index contributed by atoms with van der Waals surface area (Å²) in [6.07, 6.45) is 0. The molecule has 0 aliphatic carbocycles. The van der Waals surface area contributed by atoms with E-state index in [0.717, 1.165) is 6.07 Å². The molecule has 1 aromatic carbocycles. The Balaban J connectivity index is 2.02. The zero-order valence-electron chi connectivity index (χ0n) is 13.9. The fourth-order valence-corrected chi connectivity index (χ4v) is 2.88. The molecule has 0 amide bonds. The van der Waals surface area contributed by atoms with Gasteiger partial charge in [-0.3, -0.25) is 9.59 Å². The number of rotatable bonds is 3. The van der Waals surface area contributed by atoms with Crippen LogP contribution in [0.15, 0.2) is 39.9 Å². The topological polar surface area (TPSA) is 90.7 Å². The standard InChI is InChI=1S/C18H14ClFN4O2/c1-9(22-15-4-3-11(8-21)24(2)18(15)26)12-5-10-6-13(19)14(20)7-16(10)23-17(12)25/h3-7,9,22H,1-2H3,(H,23,25)/t9-/m1/s1. The third kappa shape index (κ3) is 3.07. The van der Waals surface area contributed by atoms with Crippen LogP contribution in [0.2, 0.25) is 5.02 Å². The fraction of sp³-hybridized carbons (Fsp3) is 0.167. The van der Waals surface area contributed by atoms with Gasteiger partial charge in [0.1, 0.15) is 23.3 Å². The second-order valence-corrected chi connectivity index (χ2v) is 6.29. The van der Waals surface area contributed by atoms with Crippen molar-refractivity contribution in [1.29, 1.82) is 5.26 Å². The van der Waals surface area contributed by atoms with Gasteiger partial charge >= 0.3 is 0 Å². The molecule has 8 heteroatoms. The second kappa shape index (κ2) is 6.65. The number of nitriles is 1. The van der Waals surface area contributed by atoms with E-state index >= 15 is 0 Å². The van der Waals surface area contributed by atoms with E-state index in [4.69, 9.17) is 16.9 Å². The van der Waals surface area contributed by atoms with Gasteiger partial charge in [-0.05, 0) is 37.3 Å². The summed E-state index contributed by atoms with van der Waals surface area (Å²) >= 11 is 5.80. The van der Waals surface area contributed by atoms with Gasteiger partial charge < -0.3 is 14.9 Å². The maximum Gasteiger partial charge on any atom is 0.274 e. The summed E-state index contributed by atoms with van der Waals surface area (Å²) in [4.78, 5) is 27.3. The van der Waals surface area contributed by atoms with Crippen LogP contribution in [0.4, 0.5) is 10.1 Å². The third-order valence-electron chi connectivity index (χ3n) is 4.17. The number of benzene rings is 1. The monoisotopic (exact) mass is 372 g/mol. The summed E-state index contributed by atoms with van der Waals surface area (Å²) in [7, 11) is 1.50. The minimum Gasteiger partial charge on any atom is -0.374 e. The lowest BCUT2D eigenvalue weighted by Crippen LogP contribution is -2.26. The molecule has 0 bridgehead atoms. The van der Waals surface area contributed by atoms with Crippen LogP contribution in [0.25, 0.3) is 10.9 Å². The van der Waals surface area contributed by atoms with E-state index in [-0.39, 0.29) is 22.0 Å². The van der Waals surface area contributed by atoms with Gasteiger partial charge in [0.2, 0.25) is 0 Å². The quantitative estimate of drug-likeness (QED) is 0.739. The van der Waals surface area contributed by atoms with Crippen LogP contribution in [-0.2, 0) is 7.05 Å². The number of H-pyrrole nitrogens is 1. The van der Waals surface area contributed by atoms with Gasteiger partial charge in [0.25, 0.3) is 11.1 Å². The minimum absolute atomic E-state index is 0.0444. The van der Waals surface area contributed by atoms with Gasteiger partial charge in [0.15, 0.2) is 0 Å². The first-order chi connectivity index (χ1) is 12.3. The number of hydrogen-bond acceptors (Lipinski definition) is 4. The van der Waals surface area contributed by atoms with Crippen LogP contribution in [0.5, 0.6) is 0 Å². The van der Waals surface area contributed by atoms with Crippen molar-refractivity contribution in [2.24, 2.45) is 7.05 Å². The molecular weight excluding hydrogens is 359 g/mol. The van der Waals surface area contributed by atoms with Gasteiger partial charge in [0.05, 0.1) is 16.6 Å². The normalized spacial score (nSPS) is 12.0. The molecule has 6 nitrogen and oxygen atoms in total. The predicted molar refractivity (Wildman–Crippen MR) is 98.0 cm³/mol. The number of aromatic amines is 1. The van der Waals surface area contributed by atoms with Crippen molar-refractivity contribution in [2.45, 2.75) is 13.0 Å². The molecule has 0 aliphatic heterocycles. The predicted octanol–water partition coefficient (Wildman–Crippen LogP) is 3.06. The first-order valence-electron chi connectivity index (χ1n) is 7.70. The van der Waals surface area contributed by atoms with Crippen molar-refractivity contribution >= 4 is 28.2 Å². The molecule has 0 unspecified atom stereocenters. The molecule has 2 aromatic heterocycles. The first-order valence-corrected chi connectivity index (χ1v) is 8.08. The van der Waals surface area contributed by atoms with Crippen LogP contribution in [-0.4, -0.2) is 9.55 Å². The largest absolute Gasteiger partial charge is 0.374 e. The fourth-order valence-electron chi connectivity index (χ4n) is 2.71. The summed E-state index contributed by atoms with van der Waals surface area (Å²) < 4.78 is 14.8. The molecule has 0 saturated heterocycles. The number of anilines is 1. The summed E-state index contributed by atoms with van der Waals surface area (Å²) in [6, 6.07) is 8.63. The molecule has 1 atom stereocenters. The molecule has 132 valence electrons. The number of nitrogens with one attached hydrogen (secondary N) is 2. The third-order valence-corrected chi connectivity index (χ3v) is 4.46. The highest BCUT2D eigenvalue weighted by molar-refractivity contribution is 6.31. The number of aromatic nitrogens is 2. The van der Waals surface area contributed by atoms with E-state index in [1.54, 1.807) is 13.0 Å². The molecule has 2 heterocycles. The Bertz CT molecular complexity index is 1180. The van der Waals surface area contributed by atoms with Crippen LogP contribution in [0.1, 0.15) is 24.2 Å². The number of halogens is 2. The molecule has 2 N–H and O–H groups in total. The SMILES string of the molecule is C[C@@H](Nc1ccc(C#N)n(C)c1=O)c1cc2cc(Cl)c(F)cc2[nH]c1=O. The average Bonchev–Trinajstić information content (AvgIpc) is 2.60. The van der Waals surface area contributed by atoms with E-state index in [9.17, 15) is 14.0 Å². The highest BCUT2D eigenvalue weighted by Gasteiger charge is 2.15. The summed E-state index contributed by atoms with van der Waals surface area (Å²) in [5.41, 5.74) is 0.417. The zero-order chi connectivity index (χ0) is 19.0. The Kier molecular flexibility index (Phi) is 4.53. The highest BCUT2D eigenvalue weighted by Crippen LogP contribution is 2.23. The van der Waals surface area contributed by atoms with Crippen LogP contribution < -0.4 is 16.4 Å². The van der Waals surface area contributed by atoms with E-state index in [2.05, 4.69) is 10.3 Å². The molecular formula is C18H14ClFN4O2. The number of fused-ring (bicyclic) bond motifs is 1. The Hall–Kier alpha value is -3.11. The summed E-state index contributed by atoms with van der Waals surface area (Å²) in [6.45, 7) is 1.72. The number of nitrogens with zero attached hydrogens (tertiary/aromatic N) is 2. The van der Waals surface area contributed by atoms with E-state index in [1.165, 1.54) is 29.8 Å². The highest BCUT2D eigenvalue weighted by atomic mass is 35.5. The Morgan fingerprint density at radius 2 is 2.04 bits per heavy atom. The smallest absolute Gasteiger partial charge is 0.274 e. The van der Waals surface area contributed by atoms with Crippen molar-refractivity contribution in [3.63, 3.8) is 0 Å². The maximum absolute atomic E-state index is 13.5.